The van der Waals surface area contributed by atoms with Crippen molar-refractivity contribution < 1.29 is 14.5 Å². The second-order valence-electron chi connectivity index (χ2n) is 9.54. The van der Waals surface area contributed by atoms with Crippen LogP contribution >= 0.6 is 0 Å². The Morgan fingerprint density at radius 3 is 2.63 bits per heavy atom. The van der Waals surface area contributed by atoms with Gasteiger partial charge in [0.1, 0.15) is 22.9 Å². The molecule has 0 amide bonds. The number of nitrogens with zero attached hydrogens (tertiary/aromatic N) is 6. The van der Waals surface area contributed by atoms with E-state index < -0.39 is 5.60 Å². The summed E-state index contributed by atoms with van der Waals surface area (Å²) in [6.07, 6.45) is 2.77. The van der Waals surface area contributed by atoms with Gasteiger partial charge in [0.15, 0.2) is 17.3 Å². The van der Waals surface area contributed by atoms with E-state index >= 15 is 0 Å². The van der Waals surface area contributed by atoms with Crippen molar-refractivity contribution in [2.24, 2.45) is 11.7 Å². The number of imidazole rings is 1. The number of nitrogens with two attached hydrogens (primary N) is 2. The molecule has 3 aromatic heterocycles. The zero-order valence-electron chi connectivity index (χ0n) is 20.8. The molecule has 11 heteroatoms. The quantitative estimate of drug-likeness (QED) is 0.423. The topological polar surface area (TPSA) is 154 Å². The van der Waals surface area contributed by atoms with Gasteiger partial charge in [0.05, 0.1) is 5.52 Å². The number of anilines is 1. The van der Waals surface area contributed by atoms with Crippen LogP contribution in [0.25, 0.3) is 22.6 Å². The molecule has 188 valence electrons. The third kappa shape index (κ3) is 5.56. The first-order valence-corrected chi connectivity index (χ1v) is 12.0. The Bertz CT molecular complexity index is 1230. The van der Waals surface area contributed by atoms with Crippen LogP contribution in [0.1, 0.15) is 45.7 Å². The number of nitrogen functional groups attached to an aromatic ring is 1. The molecule has 35 heavy (non-hydrogen) atoms. The van der Waals surface area contributed by atoms with Crippen molar-refractivity contribution in [2.45, 2.75) is 58.3 Å². The summed E-state index contributed by atoms with van der Waals surface area (Å²) in [6, 6.07) is 1.87. The molecular weight excluding hydrogens is 448 g/mol. The maximum atomic E-state index is 10.2. The van der Waals surface area contributed by atoms with Crippen molar-refractivity contribution in [1.29, 1.82) is 0 Å². The van der Waals surface area contributed by atoms with Gasteiger partial charge in [0, 0.05) is 12.6 Å². The van der Waals surface area contributed by atoms with Crippen LogP contribution in [0.3, 0.4) is 0 Å². The number of rotatable bonds is 7. The van der Waals surface area contributed by atoms with E-state index in [1.165, 1.54) is 0 Å². The van der Waals surface area contributed by atoms with Gasteiger partial charge in [-0.3, -0.25) is 0 Å². The van der Waals surface area contributed by atoms with E-state index in [2.05, 4.69) is 34.1 Å². The van der Waals surface area contributed by atoms with Crippen LogP contribution in [0.15, 0.2) is 10.7 Å². The molecular formula is C24H34N8O3. The number of pyridine rings is 1. The zero-order chi connectivity index (χ0) is 25.2. The molecule has 5 N–H and O–H groups in total. The molecule has 0 radical (unpaired) electrons. The fraction of sp³-hybridized carbons (Fsp3) is 0.583. The minimum absolute atomic E-state index is 0.0541. The summed E-state index contributed by atoms with van der Waals surface area (Å²) in [7, 11) is 2.14. The molecule has 4 rings (SSSR count). The number of piperidine rings is 1. The average molecular weight is 483 g/mol. The number of ether oxygens (including phenoxy) is 1. The summed E-state index contributed by atoms with van der Waals surface area (Å²) in [5.74, 6) is 7.32. The smallest absolute Gasteiger partial charge is 0.216 e. The van der Waals surface area contributed by atoms with Gasteiger partial charge in [0.25, 0.3) is 0 Å². The summed E-state index contributed by atoms with van der Waals surface area (Å²) >= 11 is 0. The Labute approximate surface area is 204 Å². The van der Waals surface area contributed by atoms with E-state index in [1.54, 1.807) is 13.8 Å². The number of fused-ring (bicyclic) bond motifs is 1. The molecule has 4 heterocycles. The van der Waals surface area contributed by atoms with Crippen LogP contribution in [-0.2, 0) is 6.54 Å². The largest absolute Gasteiger partial charge is 0.474 e. The van der Waals surface area contributed by atoms with Gasteiger partial charge < -0.3 is 30.8 Å². The second kappa shape index (κ2) is 10.2. The maximum absolute atomic E-state index is 10.2. The molecule has 1 aliphatic heterocycles. The predicted molar refractivity (Wildman–Crippen MR) is 132 cm³/mol. The number of likely N-dealkylation sites (tertiary alicyclic amines) is 1. The lowest BCUT2D eigenvalue weighted by atomic mass is 9.89. The highest BCUT2D eigenvalue weighted by atomic mass is 16.6. The normalized spacial score (nSPS) is 16.3. The third-order valence-electron chi connectivity index (χ3n) is 6.25. The Morgan fingerprint density at radius 1 is 1.29 bits per heavy atom. The van der Waals surface area contributed by atoms with E-state index in [0.29, 0.717) is 47.6 Å². The van der Waals surface area contributed by atoms with E-state index in [0.717, 1.165) is 37.9 Å². The first-order valence-electron chi connectivity index (χ1n) is 12.0. The highest BCUT2D eigenvalue weighted by molar-refractivity contribution is 5.86. The Hall–Kier alpha value is -3.20. The zero-order valence-corrected chi connectivity index (χ0v) is 20.8. The molecule has 0 saturated carbocycles. The molecule has 1 fully saturated rings. The molecule has 0 aliphatic carbocycles. The summed E-state index contributed by atoms with van der Waals surface area (Å²) in [5.41, 5.74) is 12.8. The second-order valence-corrected chi connectivity index (χ2v) is 9.54. The van der Waals surface area contributed by atoms with Crippen LogP contribution in [0.5, 0.6) is 5.88 Å². The van der Waals surface area contributed by atoms with Crippen LogP contribution in [0.4, 0.5) is 5.82 Å². The third-order valence-corrected chi connectivity index (χ3v) is 6.25. The standard InChI is InChI=1S/C24H34N8O3/c1-5-32-17-14-19(34-18(7-11-25)15-8-12-31(4)13-9-15)27-16(6-10-24(2,3)33)20(17)28-23(32)21-22(26)30-35-29-21/h14-15,18,33H,5,7-9,11-13,25H2,1-4H3,(H2,26,30). The SMILES string of the molecule is CCn1c(-c2nonc2N)nc2c(C#CC(C)(C)O)nc(OC(CCN)C3CCN(C)CC3)cc21. The van der Waals surface area contributed by atoms with Crippen molar-refractivity contribution in [3.05, 3.63) is 11.8 Å². The van der Waals surface area contributed by atoms with Gasteiger partial charge in [0.2, 0.25) is 5.88 Å². The van der Waals surface area contributed by atoms with Gasteiger partial charge in [-0.1, -0.05) is 5.92 Å². The van der Waals surface area contributed by atoms with E-state index in [9.17, 15) is 5.11 Å². The van der Waals surface area contributed by atoms with Gasteiger partial charge in [-0.05, 0) is 88.9 Å². The van der Waals surface area contributed by atoms with Crippen molar-refractivity contribution in [3.8, 4) is 29.2 Å². The first-order chi connectivity index (χ1) is 16.7. The van der Waals surface area contributed by atoms with Gasteiger partial charge in [-0.25, -0.2) is 14.6 Å². The van der Waals surface area contributed by atoms with Gasteiger partial charge >= 0.3 is 0 Å². The van der Waals surface area contributed by atoms with E-state index in [-0.39, 0.29) is 11.9 Å². The predicted octanol–water partition coefficient (Wildman–Crippen LogP) is 1.64. The number of hydrogen-bond donors (Lipinski definition) is 3. The molecule has 0 spiro atoms. The fourth-order valence-corrected chi connectivity index (χ4v) is 4.42. The first kappa shape index (κ1) is 24.9. The highest BCUT2D eigenvalue weighted by Gasteiger charge is 2.28. The van der Waals surface area contributed by atoms with Crippen LogP contribution in [-0.4, -0.2) is 73.2 Å². The number of aryl methyl sites for hydroxylation is 1. The molecule has 1 saturated heterocycles. The van der Waals surface area contributed by atoms with Crippen molar-refractivity contribution in [1.82, 2.24) is 29.7 Å². The van der Waals surface area contributed by atoms with Crippen molar-refractivity contribution in [2.75, 3.05) is 32.4 Å². The molecule has 3 aromatic rings. The van der Waals surface area contributed by atoms with E-state index in [1.807, 2.05) is 17.6 Å². The Balaban J connectivity index is 1.81. The van der Waals surface area contributed by atoms with Gasteiger partial charge in [-0.2, -0.15) is 0 Å². The minimum Gasteiger partial charge on any atom is -0.474 e. The lowest BCUT2D eigenvalue weighted by Gasteiger charge is -2.34. The van der Waals surface area contributed by atoms with Crippen molar-refractivity contribution in [3.63, 3.8) is 0 Å². The lowest BCUT2D eigenvalue weighted by Crippen LogP contribution is -2.39. The van der Waals surface area contributed by atoms with Gasteiger partial charge in [-0.15, -0.1) is 0 Å². The molecule has 0 aromatic carbocycles. The molecule has 0 bridgehead atoms. The Kier molecular flexibility index (Phi) is 7.25. The molecule has 1 aliphatic rings. The molecule has 1 atom stereocenters. The minimum atomic E-state index is -1.20. The lowest BCUT2D eigenvalue weighted by molar-refractivity contribution is 0.0769. The maximum Gasteiger partial charge on any atom is 0.216 e. The van der Waals surface area contributed by atoms with Crippen LogP contribution in [0.2, 0.25) is 0 Å². The number of hydrogen-bond acceptors (Lipinski definition) is 10. The highest BCUT2D eigenvalue weighted by Crippen LogP contribution is 2.31. The van der Waals surface area contributed by atoms with Crippen LogP contribution in [0, 0.1) is 17.8 Å². The monoisotopic (exact) mass is 482 g/mol. The summed E-state index contributed by atoms with van der Waals surface area (Å²) < 4.78 is 13.2. The number of aliphatic hydroxyl groups is 1. The molecule has 1 unspecified atom stereocenters. The average Bonchev–Trinajstić information content (AvgIpc) is 3.39. The summed E-state index contributed by atoms with van der Waals surface area (Å²) in [4.78, 5) is 11.8. The molecule has 11 nitrogen and oxygen atoms in total. The number of aromatic nitrogens is 5. The summed E-state index contributed by atoms with van der Waals surface area (Å²) in [5, 5.41) is 17.8. The fourth-order valence-electron chi connectivity index (χ4n) is 4.42. The Morgan fingerprint density at radius 2 is 2.03 bits per heavy atom. The van der Waals surface area contributed by atoms with Crippen LogP contribution < -0.4 is 16.2 Å². The summed E-state index contributed by atoms with van der Waals surface area (Å²) in [6.45, 7) is 8.40. The van der Waals surface area contributed by atoms with E-state index in [4.69, 9.17) is 30.8 Å². The van der Waals surface area contributed by atoms with Crippen molar-refractivity contribution >= 4 is 16.9 Å².